The molecular formula is C14H17N3O2S2. The van der Waals surface area contributed by atoms with Crippen molar-refractivity contribution in [2.75, 3.05) is 11.4 Å². The molecule has 112 valence electrons. The zero-order valence-electron chi connectivity index (χ0n) is 11.9. The monoisotopic (exact) mass is 323 g/mol. The van der Waals surface area contributed by atoms with E-state index in [1.165, 1.54) is 11.1 Å². The molecule has 5 nitrogen and oxygen atoms in total. The predicted molar refractivity (Wildman–Crippen MR) is 84.1 cm³/mol. The molecule has 0 amide bonds. The molecule has 1 aromatic heterocycles. The molecule has 0 saturated heterocycles. The number of nitrogens with zero attached hydrogens (tertiary/aromatic N) is 2. The number of aromatic nitrogens is 1. The summed E-state index contributed by atoms with van der Waals surface area (Å²) in [5, 5.41) is 5.96. The summed E-state index contributed by atoms with van der Waals surface area (Å²) >= 11 is 1.15. The summed E-state index contributed by atoms with van der Waals surface area (Å²) in [6, 6.07) is 8.52. The SMILES string of the molecule is Cc1nc(N2CCc3ccccc3C2C)sc1S(N)(=O)=O. The molecule has 0 fully saturated rings. The number of anilines is 1. The summed E-state index contributed by atoms with van der Waals surface area (Å²) in [4.78, 5) is 6.56. The first-order valence-corrected chi connectivity index (χ1v) is 9.09. The molecule has 0 bridgehead atoms. The fourth-order valence-corrected chi connectivity index (χ4v) is 4.84. The average molecular weight is 323 g/mol. The molecule has 1 aromatic carbocycles. The lowest BCUT2D eigenvalue weighted by Crippen LogP contribution is -2.33. The number of nitrogens with two attached hydrogens (primary N) is 1. The van der Waals surface area contributed by atoms with Gasteiger partial charge in [-0.1, -0.05) is 35.6 Å². The van der Waals surface area contributed by atoms with E-state index in [-0.39, 0.29) is 10.3 Å². The highest BCUT2D eigenvalue weighted by molar-refractivity contribution is 7.91. The van der Waals surface area contributed by atoms with Gasteiger partial charge < -0.3 is 4.90 Å². The molecular weight excluding hydrogens is 306 g/mol. The second kappa shape index (κ2) is 5.08. The summed E-state index contributed by atoms with van der Waals surface area (Å²) in [7, 11) is -3.70. The Morgan fingerprint density at radius 2 is 2.10 bits per heavy atom. The van der Waals surface area contributed by atoms with Gasteiger partial charge in [-0.3, -0.25) is 0 Å². The molecule has 1 aliphatic rings. The number of aryl methyl sites for hydroxylation is 1. The molecule has 7 heteroatoms. The van der Waals surface area contributed by atoms with Crippen molar-refractivity contribution >= 4 is 26.5 Å². The largest absolute Gasteiger partial charge is 0.341 e. The fourth-order valence-electron chi connectivity index (χ4n) is 2.79. The van der Waals surface area contributed by atoms with Crippen LogP contribution in [0.2, 0.25) is 0 Å². The van der Waals surface area contributed by atoms with Crippen LogP contribution in [0.3, 0.4) is 0 Å². The van der Waals surface area contributed by atoms with E-state index in [9.17, 15) is 8.42 Å². The predicted octanol–water partition coefficient (Wildman–Crippen LogP) is 2.22. The van der Waals surface area contributed by atoms with Gasteiger partial charge in [0.05, 0.1) is 11.7 Å². The normalized spacial score (nSPS) is 18.6. The smallest absolute Gasteiger partial charge is 0.249 e. The van der Waals surface area contributed by atoms with Crippen LogP contribution < -0.4 is 10.0 Å². The first kappa shape index (κ1) is 14.5. The maximum absolute atomic E-state index is 11.6. The summed E-state index contributed by atoms with van der Waals surface area (Å²) in [6.07, 6.45) is 0.934. The number of hydrogen-bond donors (Lipinski definition) is 1. The van der Waals surface area contributed by atoms with E-state index in [0.717, 1.165) is 29.4 Å². The van der Waals surface area contributed by atoms with Crippen LogP contribution in [0.5, 0.6) is 0 Å². The molecule has 0 saturated carbocycles. The van der Waals surface area contributed by atoms with Gasteiger partial charge in [0.2, 0.25) is 10.0 Å². The maximum Gasteiger partial charge on any atom is 0.249 e. The van der Waals surface area contributed by atoms with Gasteiger partial charge in [0.25, 0.3) is 0 Å². The number of benzene rings is 1. The standard InChI is InChI=1S/C14H17N3O2S2/c1-9-13(21(15,18)19)20-14(16-9)17-8-7-11-5-3-4-6-12(11)10(17)2/h3-6,10H,7-8H2,1-2H3,(H2,15,18,19). The van der Waals surface area contributed by atoms with E-state index < -0.39 is 10.0 Å². The topological polar surface area (TPSA) is 76.3 Å². The van der Waals surface area contributed by atoms with E-state index >= 15 is 0 Å². The van der Waals surface area contributed by atoms with Gasteiger partial charge in [-0.15, -0.1) is 0 Å². The lowest BCUT2D eigenvalue weighted by atomic mass is 9.94. The molecule has 1 aliphatic heterocycles. The highest BCUT2D eigenvalue weighted by Gasteiger charge is 2.28. The van der Waals surface area contributed by atoms with Crippen LogP contribution in [0.1, 0.15) is 29.8 Å². The minimum absolute atomic E-state index is 0.156. The Labute approximate surface area is 128 Å². The van der Waals surface area contributed by atoms with Crippen LogP contribution in [0.25, 0.3) is 0 Å². The molecule has 1 atom stereocenters. The molecule has 1 unspecified atom stereocenters. The van der Waals surface area contributed by atoms with Crippen molar-refractivity contribution in [3.63, 3.8) is 0 Å². The zero-order valence-corrected chi connectivity index (χ0v) is 13.5. The average Bonchev–Trinajstić information content (AvgIpc) is 2.81. The van der Waals surface area contributed by atoms with E-state index in [0.29, 0.717) is 5.69 Å². The third kappa shape index (κ3) is 2.56. The Bertz CT molecular complexity index is 783. The highest BCUT2D eigenvalue weighted by atomic mass is 32.2. The molecule has 21 heavy (non-hydrogen) atoms. The van der Waals surface area contributed by atoms with Gasteiger partial charge >= 0.3 is 0 Å². The van der Waals surface area contributed by atoms with Gasteiger partial charge in [-0.2, -0.15) is 0 Å². The quantitative estimate of drug-likeness (QED) is 0.919. The molecule has 0 aliphatic carbocycles. The Kier molecular flexibility index (Phi) is 3.51. The third-order valence-electron chi connectivity index (χ3n) is 3.84. The first-order chi connectivity index (χ1) is 9.88. The van der Waals surface area contributed by atoms with E-state index in [2.05, 4.69) is 28.9 Å². The molecule has 0 spiro atoms. The van der Waals surface area contributed by atoms with Crippen LogP contribution in [-0.4, -0.2) is 19.9 Å². The highest BCUT2D eigenvalue weighted by Crippen LogP contribution is 2.37. The summed E-state index contributed by atoms with van der Waals surface area (Å²) in [5.74, 6) is 0. The van der Waals surface area contributed by atoms with Crippen LogP contribution in [-0.2, 0) is 16.4 Å². The van der Waals surface area contributed by atoms with Crippen LogP contribution in [0.4, 0.5) is 5.13 Å². The van der Waals surface area contributed by atoms with Crippen molar-refractivity contribution in [1.82, 2.24) is 4.98 Å². The third-order valence-corrected chi connectivity index (χ3v) is 6.59. The van der Waals surface area contributed by atoms with Crippen molar-refractivity contribution in [3.05, 3.63) is 41.1 Å². The first-order valence-electron chi connectivity index (χ1n) is 6.72. The fraction of sp³-hybridized carbons (Fsp3) is 0.357. The zero-order chi connectivity index (χ0) is 15.2. The van der Waals surface area contributed by atoms with Crippen molar-refractivity contribution in [1.29, 1.82) is 0 Å². The molecule has 0 radical (unpaired) electrons. The van der Waals surface area contributed by atoms with Crippen LogP contribution >= 0.6 is 11.3 Å². The Morgan fingerprint density at radius 3 is 2.76 bits per heavy atom. The second-order valence-corrected chi connectivity index (χ2v) is 7.97. The Morgan fingerprint density at radius 1 is 1.38 bits per heavy atom. The number of sulfonamides is 1. The van der Waals surface area contributed by atoms with Gasteiger partial charge in [0, 0.05) is 6.54 Å². The van der Waals surface area contributed by atoms with E-state index in [1.807, 2.05) is 12.1 Å². The minimum atomic E-state index is -3.70. The molecule has 3 rings (SSSR count). The molecule has 2 aromatic rings. The second-order valence-electron chi connectivity index (χ2n) is 5.23. The Hall–Kier alpha value is -1.44. The number of rotatable bonds is 2. The number of primary sulfonamides is 1. The van der Waals surface area contributed by atoms with E-state index in [4.69, 9.17) is 5.14 Å². The Balaban J connectivity index is 2.00. The van der Waals surface area contributed by atoms with Gasteiger partial charge in [-0.25, -0.2) is 18.5 Å². The summed E-state index contributed by atoms with van der Waals surface area (Å²) in [6.45, 7) is 4.63. The van der Waals surface area contributed by atoms with Crippen molar-refractivity contribution in [2.24, 2.45) is 5.14 Å². The van der Waals surface area contributed by atoms with Gasteiger partial charge in [0.15, 0.2) is 9.34 Å². The van der Waals surface area contributed by atoms with Crippen molar-refractivity contribution in [2.45, 2.75) is 30.5 Å². The summed E-state index contributed by atoms with van der Waals surface area (Å²) in [5.41, 5.74) is 3.10. The number of fused-ring (bicyclic) bond motifs is 1. The maximum atomic E-state index is 11.6. The van der Waals surface area contributed by atoms with E-state index in [1.54, 1.807) is 6.92 Å². The molecule has 2 heterocycles. The van der Waals surface area contributed by atoms with Crippen molar-refractivity contribution < 1.29 is 8.42 Å². The molecule has 2 N–H and O–H groups in total. The van der Waals surface area contributed by atoms with Gasteiger partial charge in [0.1, 0.15) is 0 Å². The summed E-state index contributed by atoms with van der Waals surface area (Å²) < 4.78 is 23.3. The number of hydrogen-bond acceptors (Lipinski definition) is 5. The minimum Gasteiger partial charge on any atom is -0.341 e. The van der Waals surface area contributed by atoms with Crippen molar-refractivity contribution in [3.8, 4) is 0 Å². The van der Waals surface area contributed by atoms with Crippen LogP contribution in [0, 0.1) is 6.92 Å². The van der Waals surface area contributed by atoms with Gasteiger partial charge in [-0.05, 0) is 31.4 Å². The lowest BCUT2D eigenvalue weighted by molar-refractivity contribution is 0.599. The lowest BCUT2D eigenvalue weighted by Gasteiger charge is -2.35. The number of thiazole rings is 1. The van der Waals surface area contributed by atoms with Crippen LogP contribution in [0.15, 0.2) is 28.5 Å².